The molecule has 0 bridgehead atoms. The molecule has 2 aliphatic heterocycles. The van der Waals surface area contributed by atoms with E-state index in [1.807, 2.05) is 0 Å². The molecule has 0 saturated carbocycles. The molecule has 2 aromatic carbocycles. The van der Waals surface area contributed by atoms with Crippen LogP contribution >= 0.6 is 11.8 Å². The van der Waals surface area contributed by atoms with E-state index in [4.69, 9.17) is 0 Å². The van der Waals surface area contributed by atoms with Crippen molar-refractivity contribution < 1.29 is 26.7 Å². The third-order valence-corrected chi connectivity index (χ3v) is 8.43. The van der Waals surface area contributed by atoms with Crippen LogP contribution in [0.3, 0.4) is 0 Å². The van der Waals surface area contributed by atoms with Gasteiger partial charge in [-0.3, -0.25) is 14.8 Å². The zero-order valence-electron chi connectivity index (χ0n) is 22.7. The van der Waals surface area contributed by atoms with Crippen LogP contribution in [0.15, 0.2) is 60.0 Å². The number of nitrogens with zero attached hydrogens (tertiary/aromatic N) is 5. The Balaban J connectivity index is 1.29. The molecule has 0 unspecified atom stereocenters. The zero-order valence-corrected chi connectivity index (χ0v) is 23.5. The van der Waals surface area contributed by atoms with E-state index < -0.39 is 35.6 Å². The molecule has 0 spiro atoms. The summed E-state index contributed by atoms with van der Waals surface area (Å²) in [7, 11) is 0. The minimum Gasteiger partial charge on any atom is -0.369 e. The number of hydrogen-bond donors (Lipinski definition) is 0. The van der Waals surface area contributed by atoms with E-state index in [1.54, 1.807) is 35.0 Å². The number of Topliss-reactive ketones (excluding diaryl/α,β-unsaturated/α-hetero) is 1. The number of rotatable bonds is 7. The summed E-state index contributed by atoms with van der Waals surface area (Å²) in [6, 6.07) is 9.06. The van der Waals surface area contributed by atoms with Crippen LogP contribution in [-0.4, -0.2) is 51.5 Å². The standard InChI is InChI=1S/C31H24F5N5OS/c32-23-5-3-19(15-27(42)18-4-6-26(22(14-18)31(34,35)36)41-10-12-43-13-11-41)28(33)21(23)16-25-20(2-1-8-37-25)29-30-24(7-9-38-30)39-17-40-29/h1-6,8-9,14,17H,7,10-13,15-16H2. The number of benzene rings is 2. The minimum atomic E-state index is -4.68. The highest BCUT2D eigenvalue weighted by molar-refractivity contribution is 7.99. The van der Waals surface area contributed by atoms with Gasteiger partial charge in [0.2, 0.25) is 0 Å². The van der Waals surface area contributed by atoms with Crippen LogP contribution < -0.4 is 4.90 Å². The molecule has 1 fully saturated rings. The summed E-state index contributed by atoms with van der Waals surface area (Å²) in [6.07, 6.45) is -0.327. The highest BCUT2D eigenvalue weighted by Gasteiger charge is 2.36. The molecule has 0 amide bonds. The van der Waals surface area contributed by atoms with E-state index in [0.717, 1.165) is 23.9 Å². The number of ketones is 1. The summed E-state index contributed by atoms with van der Waals surface area (Å²) in [5.74, 6) is -1.08. The molecule has 220 valence electrons. The van der Waals surface area contributed by atoms with Gasteiger partial charge in [0.1, 0.15) is 29.3 Å². The lowest BCUT2D eigenvalue weighted by Gasteiger charge is -2.31. The number of alkyl halides is 3. The van der Waals surface area contributed by atoms with Crippen molar-refractivity contribution in [3.05, 3.63) is 100 Å². The van der Waals surface area contributed by atoms with Crippen molar-refractivity contribution in [3.8, 4) is 11.3 Å². The van der Waals surface area contributed by atoms with Crippen LogP contribution in [0.1, 0.15) is 38.4 Å². The van der Waals surface area contributed by atoms with E-state index in [2.05, 4.69) is 19.9 Å². The number of aromatic nitrogens is 3. The highest BCUT2D eigenvalue weighted by atomic mass is 32.2. The molecular formula is C31H24F5N5OS. The fourth-order valence-corrected chi connectivity index (χ4v) is 6.22. The Labute approximate surface area is 248 Å². The van der Waals surface area contributed by atoms with Gasteiger partial charge in [0, 0.05) is 78.6 Å². The molecule has 0 radical (unpaired) electrons. The Morgan fingerprint density at radius 2 is 1.81 bits per heavy atom. The maximum atomic E-state index is 15.8. The molecule has 0 aliphatic carbocycles. The second-order valence-electron chi connectivity index (χ2n) is 10.1. The molecule has 2 aromatic heterocycles. The van der Waals surface area contributed by atoms with Gasteiger partial charge in [-0.2, -0.15) is 24.9 Å². The third-order valence-electron chi connectivity index (χ3n) is 7.49. The lowest BCUT2D eigenvalue weighted by atomic mass is 9.95. The van der Waals surface area contributed by atoms with Crippen LogP contribution in [0.2, 0.25) is 0 Å². The van der Waals surface area contributed by atoms with Gasteiger partial charge in [0.15, 0.2) is 5.78 Å². The van der Waals surface area contributed by atoms with Gasteiger partial charge in [-0.25, -0.2) is 18.7 Å². The van der Waals surface area contributed by atoms with Crippen molar-refractivity contribution in [2.75, 3.05) is 29.5 Å². The summed E-state index contributed by atoms with van der Waals surface area (Å²) in [6.45, 7) is 0.936. The Morgan fingerprint density at radius 3 is 2.60 bits per heavy atom. The summed E-state index contributed by atoms with van der Waals surface area (Å²) in [5, 5.41) is 0. The monoisotopic (exact) mass is 609 g/mol. The van der Waals surface area contributed by atoms with E-state index in [0.29, 0.717) is 53.7 Å². The summed E-state index contributed by atoms with van der Waals surface area (Å²) in [5.41, 5.74) is 1.14. The van der Waals surface area contributed by atoms with Crippen molar-refractivity contribution in [2.24, 2.45) is 4.99 Å². The summed E-state index contributed by atoms with van der Waals surface area (Å²) < 4.78 is 72.8. The molecule has 0 atom stereocenters. The van der Waals surface area contributed by atoms with E-state index in [1.165, 1.54) is 24.7 Å². The number of anilines is 1. The maximum Gasteiger partial charge on any atom is 0.418 e. The van der Waals surface area contributed by atoms with E-state index >= 15 is 8.78 Å². The van der Waals surface area contributed by atoms with Crippen LogP contribution in [0.5, 0.6) is 0 Å². The summed E-state index contributed by atoms with van der Waals surface area (Å²) in [4.78, 5) is 32.1. The minimum absolute atomic E-state index is 0.0192. The van der Waals surface area contributed by atoms with Crippen molar-refractivity contribution >= 4 is 35.1 Å². The fraction of sp³-hybridized carbons (Fsp3) is 0.258. The molecule has 4 heterocycles. The average Bonchev–Trinajstić information content (AvgIpc) is 3.50. The molecule has 1 saturated heterocycles. The van der Waals surface area contributed by atoms with Gasteiger partial charge in [-0.15, -0.1) is 0 Å². The molecule has 6 nitrogen and oxygen atoms in total. The Hall–Kier alpha value is -4.19. The fourth-order valence-electron chi connectivity index (χ4n) is 5.32. The van der Waals surface area contributed by atoms with Crippen LogP contribution in [0, 0.1) is 11.6 Å². The maximum absolute atomic E-state index is 15.8. The average molecular weight is 610 g/mol. The first-order valence-corrected chi connectivity index (χ1v) is 14.7. The van der Waals surface area contributed by atoms with Gasteiger partial charge in [0.25, 0.3) is 0 Å². The van der Waals surface area contributed by atoms with Gasteiger partial charge >= 0.3 is 6.18 Å². The molecule has 43 heavy (non-hydrogen) atoms. The number of hydrogen-bond acceptors (Lipinski definition) is 7. The number of halogens is 5. The van der Waals surface area contributed by atoms with Crippen LogP contribution in [-0.2, 0) is 25.4 Å². The number of carbonyl (C=O) groups excluding carboxylic acids is 1. The van der Waals surface area contributed by atoms with Crippen molar-refractivity contribution in [1.29, 1.82) is 0 Å². The van der Waals surface area contributed by atoms with Gasteiger partial charge in [0.05, 0.1) is 17.0 Å². The topological polar surface area (TPSA) is 71.3 Å². The molecule has 2 aliphatic rings. The highest BCUT2D eigenvalue weighted by Crippen LogP contribution is 2.39. The third kappa shape index (κ3) is 5.88. The SMILES string of the molecule is O=C(Cc1ccc(F)c(Cc2ncccc2-c2ncnc3c2N=CC3)c1F)c1ccc(N2CCSCC2)c(C(F)(F)F)c1. The zero-order chi connectivity index (χ0) is 30.1. The van der Waals surface area contributed by atoms with Gasteiger partial charge < -0.3 is 4.90 Å². The number of thioether (sulfide) groups is 1. The normalized spacial score (nSPS) is 14.7. The smallest absolute Gasteiger partial charge is 0.369 e. The lowest BCUT2D eigenvalue weighted by Crippen LogP contribution is -2.34. The summed E-state index contributed by atoms with van der Waals surface area (Å²) >= 11 is 1.67. The molecule has 6 rings (SSSR count). The molecule has 12 heteroatoms. The predicted octanol–water partition coefficient (Wildman–Crippen LogP) is 6.66. The quantitative estimate of drug-likeness (QED) is 0.172. The first-order valence-electron chi connectivity index (χ1n) is 13.5. The van der Waals surface area contributed by atoms with Gasteiger partial charge in [-0.1, -0.05) is 6.07 Å². The number of aliphatic imine (C=N–C) groups is 1. The van der Waals surface area contributed by atoms with E-state index in [-0.39, 0.29) is 28.8 Å². The lowest BCUT2D eigenvalue weighted by molar-refractivity contribution is -0.137. The first-order chi connectivity index (χ1) is 20.7. The predicted molar refractivity (Wildman–Crippen MR) is 155 cm³/mol. The Morgan fingerprint density at radius 1 is 1.00 bits per heavy atom. The van der Waals surface area contributed by atoms with Crippen LogP contribution in [0.25, 0.3) is 11.3 Å². The van der Waals surface area contributed by atoms with Crippen molar-refractivity contribution in [2.45, 2.75) is 25.4 Å². The first kappa shape index (κ1) is 28.9. The Kier molecular flexibility index (Phi) is 7.95. The van der Waals surface area contributed by atoms with Crippen molar-refractivity contribution in [1.82, 2.24) is 15.0 Å². The molecule has 4 aromatic rings. The molecular weight excluding hydrogens is 585 g/mol. The largest absolute Gasteiger partial charge is 0.418 e. The number of fused-ring (bicyclic) bond motifs is 1. The van der Waals surface area contributed by atoms with Crippen LogP contribution in [0.4, 0.5) is 33.3 Å². The number of carbonyl (C=O) groups is 1. The van der Waals surface area contributed by atoms with E-state index in [9.17, 15) is 18.0 Å². The second kappa shape index (κ2) is 11.8. The van der Waals surface area contributed by atoms with Gasteiger partial charge in [-0.05, 0) is 42.0 Å². The number of pyridine rings is 1. The Bertz CT molecular complexity index is 1740. The molecule has 0 N–H and O–H groups in total. The second-order valence-corrected chi connectivity index (χ2v) is 11.4. The van der Waals surface area contributed by atoms with Crippen molar-refractivity contribution in [3.63, 3.8) is 0 Å².